The number of nitrogens with zero attached hydrogens (tertiary/aromatic N) is 4. The molecule has 0 atom stereocenters. The average molecular weight is 485 g/mol. The van der Waals surface area contributed by atoms with Crippen molar-refractivity contribution < 1.29 is 19.2 Å². The number of H-pyrrole nitrogens is 2. The molecule has 2 amide bonds. The van der Waals surface area contributed by atoms with E-state index in [4.69, 9.17) is 9.59 Å². The van der Waals surface area contributed by atoms with Crippen LogP contribution in [0, 0.1) is 0 Å². The van der Waals surface area contributed by atoms with Gasteiger partial charge in [-0.1, -0.05) is 24.3 Å². The maximum absolute atomic E-state index is 13.5. The molecule has 10 heteroatoms. The van der Waals surface area contributed by atoms with Gasteiger partial charge in [0.25, 0.3) is 11.8 Å². The van der Waals surface area contributed by atoms with Gasteiger partial charge in [0.15, 0.2) is 5.69 Å². The summed E-state index contributed by atoms with van der Waals surface area (Å²) in [6.07, 6.45) is 4.40. The highest BCUT2D eigenvalue weighted by molar-refractivity contribution is 5.99. The van der Waals surface area contributed by atoms with Gasteiger partial charge in [0.2, 0.25) is 0 Å². The summed E-state index contributed by atoms with van der Waals surface area (Å²) in [6.45, 7) is 0.927. The van der Waals surface area contributed by atoms with E-state index in [0.29, 0.717) is 30.9 Å². The van der Waals surface area contributed by atoms with Gasteiger partial charge in [-0.15, -0.1) is 0 Å². The van der Waals surface area contributed by atoms with Crippen LogP contribution in [0.25, 0.3) is 10.9 Å². The average Bonchev–Trinajstić information content (AvgIpc) is 3.43. The number of hydrogen-bond donors (Lipinski definition) is 2. The maximum Gasteiger partial charge on any atom is 0.373 e. The molecule has 0 unspecified atom stereocenters. The topological polar surface area (TPSA) is 132 Å². The van der Waals surface area contributed by atoms with Gasteiger partial charge in [-0.25, -0.2) is 0 Å². The normalized spacial score (nSPS) is 15.3. The Hall–Kier alpha value is -4.56. The van der Waals surface area contributed by atoms with Gasteiger partial charge in [0.1, 0.15) is 5.69 Å². The Labute approximate surface area is 206 Å². The van der Waals surface area contributed by atoms with Crippen LogP contribution in [0.15, 0.2) is 54.7 Å². The lowest BCUT2D eigenvalue weighted by molar-refractivity contribution is -0.191. The Bertz CT molecular complexity index is 1430. The molecule has 0 saturated heterocycles. The number of amides is 2. The molecule has 2 N–H and O–H groups in total. The third kappa shape index (κ3) is 3.97. The van der Waals surface area contributed by atoms with Crippen LogP contribution >= 0.6 is 0 Å². The van der Waals surface area contributed by atoms with Crippen LogP contribution in [-0.4, -0.2) is 61.5 Å². The van der Waals surface area contributed by atoms with Gasteiger partial charge >= 0.3 is 6.15 Å². The molecule has 6 rings (SSSR count). The van der Waals surface area contributed by atoms with E-state index in [-0.39, 0.29) is 23.5 Å². The molecule has 4 aromatic rings. The Kier molecular flexibility index (Phi) is 5.95. The van der Waals surface area contributed by atoms with Gasteiger partial charge < -0.3 is 14.8 Å². The highest BCUT2D eigenvalue weighted by Crippen LogP contribution is 2.50. The van der Waals surface area contributed by atoms with Gasteiger partial charge in [-0.3, -0.25) is 19.7 Å². The molecule has 2 aliphatic rings. The van der Waals surface area contributed by atoms with Gasteiger partial charge in [-0.05, 0) is 37.1 Å². The number of nitrogens with one attached hydrogen (secondary N) is 2. The van der Waals surface area contributed by atoms with Crippen LogP contribution in [0.2, 0.25) is 0 Å². The number of fused-ring (bicyclic) bond motifs is 2. The second kappa shape index (κ2) is 9.24. The van der Waals surface area contributed by atoms with Crippen molar-refractivity contribution in [3.63, 3.8) is 0 Å². The van der Waals surface area contributed by atoms with Crippen molar-refractivity contribution in [3.8, 4) is 0 Å². The van der Waals surface area contributed by atoms with Crippen molar-refractivity contribution >= 4 is 28.9 Å². The number of carbonyl (C=O) groups is 2. The first-order valence-corrected chi connectivity index (χ1v) is 11.6. The number of hydrogen-bond acceptors (Lipinski definition) is 6. The van der Waals surface area contributed by atoms with Crippen LogP contribution in [0.4, 0.5) is 0 Å². The van der Waals surface area contributed by atoms with Crippen LogP contribution in [-0.2, 0) is 28.1 Å². The highest BCUT2D eigenvalue weighted by Gasteiger charge is 2.52. The fourth-order valence-electron chi connectivity index (χ4n) is 4.88. The molecule has 182 valence electrons. The molecule has 36 heavy (non-hydrogen) atoms. The standard InChI is InChI=1S/C25H24N6O2.CO2/c1-30(25(10-11-25)21-8-4-5-12-26-21)24(33)22-17-15-31(13-9-19(17)28-29-22)23(32)20-14-16-6-2-3-7-18(16)27-20;2-1-3/h2-8,12,14,27H,9-11,13,15H2,1H3,(H,28,29);. The summed E-state index contributed by atoms with van der Waals surface area (Å²) < 4.78 is 0. The molecule has 0 spiro atoms. The summed E-state index contributed by atoms with van der Waals surface area (Å²) in [7, 11) is 1.82. The van der Waals surface area contributed by atoms with Gasteiger partial charge in [0, 0.05) is 48.4 Å². The molecule has 4 heterocycles. The molecule has 1 saturated carbocycles. The number of rotatable bonds is 4. The molecule has 1 aromatic carbocycles. The minimum Gasteiger partial charge on any atom is -0.351 e. The fraction of sp³-hybridized carbons (Fsp3) is 0.269. The number of aromatic nitrogens is 4. The van der Waals surface area contributed by atoms with Crippen molar-refractivity contribution in [3.05, 3.63) is 83.1 Å². The molecule has 10 nitrogen and oxygen atoms in total. The summed E-state index contributed by atoms with van der Waals surface area (Å²) in [4.78, 5) is 54.2. The quantitative estimate of drug-likeness (QED) is 0.458. The number of aromatic amines is 2. The van der Waals surface area contributed by atoms with E-state index in [1.165, 1.54) is 0 Å². The molecule has 1 aliphatic carbocycles. The molecule has 1 aliphatic heterocycles. The Balaban J connectivity index is 0.000000848. The van der Waals surface area contributed by atoms with Crippen LogP contribution in [0.5, 0.6) is 0 Å². The Morgan fingerprint density at radius 1 is 1.11 bits per heavy atom. The Morgan fingerprint density at radius 2 is 1.86 bits per heavy atom. The first-order valence-electron chi connectivity index (χ1n) is 11.6. The molecule has 3 aromatic heterocycles. The molecular weight excluding hydrogens is 460 g/mol. The van der Waals surface area contributed by atoms with E-state index >= 15 is 0 Å². The number of pyridine rings is 1. The van der Waals surface area contributed by atoms with E-state index < -0.39 is 0 Å². The first kappa shape index (κ1) is 23.2. The van der Waals surface area contributed by atoms with Crippen molar-refractivity contribution in [2.75, 3.05) is 13.6 Å². The zero-order valence-corrected chi connectivity index (χ0v) is 19.7. The summed E-state index contributed by atoms with van der Waals surface area (Å²) in [5.41, 5.74) is 4.14. The zero-order chi connectivity index (χ0) is 25.3. The second-order valence-electron chi connectivity index (χ2n) is 8.97. The van der Waals surface area contributed by atoms with Crippen molar-refractivity contribution in [2.45, 2.75) is 31.3 Å². The third-order valence-corrected chi connectivity index (χ3v) is 7.00. The van der Waals surface area contributed by atoms with Crippen molar-refractivity contribution in [1.29, 1.82) is 0 Å². The first-order chi connectivity index (χ1) is 17.5. The molecular formula is C26H24N6O4. The lowest BCUT2D eigenvalue weighted by Crippen LogP contribution is -2.40. The summed E-state index contributed by atoms with van der Waals surface area (Å²) in [5.74, 6) is -0.215. The highest BCUT2D eigenvalue weighted by atomic mass is 16.2. The number of carbonyl (C=O) groups excluding carboxylic acids is 4. The lowest BCUT2D eigenvalue weighted by Gasteiger charge is -2.29. The summed E-state index contributed by atoms with van der Waals surface area (Å²) >= 11 is 0. The van der Waals surface area contributed by atoms with E-state index in [1.807, 2.05) is 55.6 Å². The summed E-state index contributed by atoms with van der Waals surface area (Å²) in [5, 5.41) is 8.41. The van der Waals surface area contributed by atoms with E-state index in [2.05, 4.69) is 20.2 Å². The van der Waals surface area contributed by atoms with Gasteiger partial charge in [-0.2, -0.15) is 14.7 Å². The van der Waals surface area contributed by atoms with Crippen LogP contribution < -0.4 is 0 Å². The van der Waals surface area contributed by atoms with E-state index in [9.17, 15) is 9.59 Å². The van der Waals surface area contributed by atoms with Crippen LogP contribution in [0.1, 0.15) is 50.8 Å². The SMILES string of the molecule is CN(C(=O)c1n[nH]c2c1CN(C(=O)c1cc3ccccc3[nH]1)CC2)C1(c2ccccn2)CC1.O=C=O. The van der Waals surface area contributed by atoms with Gasteiger partial charge in [0.05, 0.1) is 17.8 Å². The lowest BCUT2D eigenvalue weighted by atomic mass is 10.0. The van der Waals surface area contributed by atoms with Crippen molar-refractivity contribution in [1.82, 2.24) is 30.0 Å². The number of para-hydroxylation sites is 1. The predicted octanol–water partition coefficient (Wildman–Crippen LogP) is 2.66. The maximum atomic E-state index is 13.5. The van der Waals surface area contributed by atoms with E-state index in [1.54, 1.807) is 16.0 Å². The predicted molar refractivity (Wildman–Crippen MR) is 128 cm³/mol. The molecule has 0 radical (unpaired) electrons. The minimum absolute atomic E-state index is 0.0723. The second-order valence-corrected chi connectivity index (χ2v) is 8.97. The molecule has 0 bridgehead atoms. The zero-order valence-electron chi connectivity index (χ0n) is 19.7. The van der Waals surface area contributed by atoms with Crippen molar-refractivity contribution in [2.24, 2.45) is 0 Å². The number of benzene rings is 1. The third-order valence-electron chi connectivity index (χ3n) is 7.00. The molecule has 1 fully saturated rings. The summed E-state index contributed by atoms with van der Waals surface area (Å²) in [6, 6.07) is 15.5. The monoisotopic (exact) mass is 484 g/mol. The smallest absolute Gasteiger partial charge is 0.351 e. The fourth-order valence-corrected chi connectivity index (χ4v) is 4.88. The van der Waals surface area contributed by atoms with Crippen LogP contribution in [0.3, 0.4) is 0 Å². The Morgan fingerprint density at radius 3 is 2.56 bits per heavy atom. The largest absolute Gasteiger partial charge is 0.373 e. The minimum atomic E-state index is -0.376. The van der Waals surface area contributed by atoms with E-state index in [0.717, 1.165) is 40.7 Å².